The SMILES string of the molecule is C=CCC1(O)C(=O)N(c2ccccc2)c2ccccc21. The fourth-order valence-electron chi connectivity index (χ4n) is 2.67. The van der Waals surface area contributed by atoms with Crippen molar-refractivity contribution in [1.82, 2.24) is 0 Å². The maximum atomic E-state index is 12.7. The highest BCUT2D eigenvalue weighted by molar-refractivity contribution is 6.11. The number of benzene rings is 2. The summed E-state index contributed by atoms with van der Waals surface area (Å²) in [5.41, 5.74) is 0.598. The molecule has 0 radical (unpaired) electrons. The standard InChI is InChI=1S/C17H15NO2/c1-2-12-17(20)14-10-6-7-11-15(14)18(16(17)19)13-8-4-3-5-9-13/h2-11,20H,1,12H2. The highest BCUT2D eigenvalue weighted by Crippen LogP contribution is 2.45. The highest BCUT2D eigenvalue weighted by atomic mass is 16.3. The van der Waals surface area contributed by atoms with Crippen molar-refractivity contribution in [1.29, 1.82) is 0 Å². The third kappa shape index (κ3) is 1.67. The molecule has 0 saturated heterocycles. The van der Waals surface area contributed by atoms with Gasteiger partial charge in [0.1, 0.15) is 0 Å². The van der Waals surface area contributed by atoms with Crippen LogP contribution in [-0.4, -0.2) is 11.0 Å². The van der Waals surface area contributed by atoms with Gasteiger partial charge in [0, 0.05) is 17.7 Å². The molecule has 1 unspecified atom stereocenters. The first kappa shape index (κ1) is 12.6. The molecular weight excluding hydrogens is 250 g/mol. The largest absolute Gasteiger partial charge is 0.375 e. The van der Waals surface area contributed by atoms with E-state index in [1.807, 2.05) is 48.5 Å². The minimum absolute atomic E-state index is 0.201. The van der Waals surface area contributed by atoms with E-state index in [9.17, 15) is 9.90 Å². The van der Waals surface area contributed by atoms with Crippen LogP contribution >= 0.6 is 0 Å². The normalized spacial score (nSPS) is 20.9. The summed E-state index contributed by atoms with van der Waals surface area (Å²) >= 11 is 0. The van der Waals surface area contributed by atoms with E-state index in [4.69, 9.17) is 0 Å². The molecule has 0 bridgehead atoms. The number of rotatable bonds is 3. The number of para-hydroxylation sites is 2. The monoisotopic (exact) mass is 265 g/mol. The summed E-state index contributed by atoms with van der Waals surface area (Å²) < 4.78 is 0. The second-order valence-corrected chi connectivity index (χ2v) is 4.85. The van der Waals surface area contributed by atoms with E-state index in [1.165, 1.54) is 0 Å². The van der Waals surface area contributed by atoms with Crippen LogP contribution in [0.5, 0.6) is 0 Å². The summed E-state index contributed by atoms with van der Waals surface area (Å²) in [5.74, 6) is -0.329. The van der Waals surface area contributed by atoms with Crippen molar-refractivity contribution < 1.29 is 9.90 Å². The van der Waals surface area contributed by atoms with Crippen LogP contribution < -0.4 is 4.90 Å². The Morgan fingerprint density at radius 2 is 1.75 bits per heavy atom. The zero-order valence-electron chi connectivity index (χ0n) is 11.0. The van der Waals surface area contributed by atoms with E-state index in [1.54, 1.807) is 17.0 Å². The van der Waals surface area contributed by atoms with Gasteiger partial charge in [0.25, 0.3) is 5.91 Å². The van der Waals surface area contributed by atoms with Crippen molar-refractivity contribution in [2.75, 3.05) is 4.90 Å². The van der Waals surface area contributed by atoms with E-state index in [-0.39, 0.29) is 12.3 Å². The first-order valence-electron chi connectivity index (χ1n) is 6.51. The first-order valence-corrected chi connectivity index (χ1v) is 6.51. The molecule has 3 heteroatoms. The molecule has 3 nitrogen and oxygen atoms in total. The van der Waals surface area contributed by atoms with Crippen molar-refractivity contribution in [2.45, 2.75) is 12.0 Å². The number of nitrogens with zero attached hydrogens (tertiary/aromatic N) is 1. The Morgan fingerprint density at radius 1 is 1.10 bits per heavy atom. The number of aliphatic hydroxyl groups is 1. The molecule has 100 valence electrons. The molecular formula is C17H15NO2. The number of carbonyl (C=O) groups is 1. The molecule has 1 aliphatic heterocycles. The van der Waals surface area contributed by atoms with Crippen LogP contribution in [-0.2, 0) is 10.4 Å². The summed E-state index contributed by atoms with van der Waals surface area (Å²) in [4.78, 5) is 14.3. The maximum Gasteiger partial charge on any atom is 0.268 e. The van der Waals surface area contributed by atoms with Crippen LogP contribution in [0.25, 0.3) is 0 Å². The van der Waals surface area contributed by atoms with Crippen molar-refractivity contribution in [3.8, 4) is 0 Å². The molecule has 0 aliphatic carbocycles. The molecule has 20 heavy (non-hydrogen) atoms. The summed E-state index contributed by atoms with van der Waals surface area (Å²) in [6, 6.07) is 16.7. The van der Waals surface area contributed by atoms with Gasteiger partial charge in [-0.15, -0.1) is 6.58 Å². The predicted molar refractivity (Wildman–Crippen MR) is 78.7 cm³/mol. The zero-order valence-corrected chi connectivity index (χ0v) is 11.0. The van der Waals surface area contributed by atoms with Crippen molar-refractivity contribution in [3.63, 3.8) is 0 Å². The van der Waals surface area contributed by atoms with E-state index in [0.29, 0.717) is 5.56 Å². The van der Waals surface area contributed by atoms with Gasteiger partial charge < -0.3 is 5.11 Å². The topological polar surface area (TPSA) is 40.5 Å². The molecule has 3 rings (SSSR count). The zero-order chi connectivity index (χ0) is 14.2. The van der Waals surface area contributed by atoms with Crippen molar-refractivity contribution in [3.05, 3.63) is 72.8 Å². The lowest BCUT2D eigenvalue weighted by molar-refractivity contribution is -0.135. The molecule has 1 atom stereocenters. The Morgan fingerprint density at radius 3 is 2.45 bits per heavy atom. The lowest BCUT2D eigenvalue weighted by Crippen LogP contribution is -2.37. The Balaban J connectivity index is 2.19. The van der Waals surface area contributed by atoms with E-state index in [0.717, 1.165) is 11.4 Å². The number of amides is 1. The molecule has 1 heterocycles. The van der Waals surface area contributed by atoms with Crippen LogP contribution in [0.4, 0.5) is 11.4 Å². The summed E-state index contributed by atoms with van der Waals surface area (Å²) in [5, 5.41) is 10.8. The van der Waals surface area contributed by atoms with Crippen LogP contribution in [0.3, 0.4) is 0 Å². The Bertz CT molecular complexity index is 666. The molecule has 2 aromatic rings. The number of carbonyl (C=O) groups excluding carboxylic acids is 1. The second-order valence-electron chi connectivity index (χ2n) is 4.85. The predicted octanol–water partition coefficient (Wildman–Crippen LogP) is 3.13. The average molecular weight is 265 g/mol. The number of fused-ring (bicyclic) bond motifs is 1. The maximum absolute atomic E-state index is 12.7. The Labute approximate surface area is 117 Å². The highest BCUT2D eigenvalue weighted by Gasteiger charge is 2.49. The molecule has 0 spiro atoms. The molecule has 0 aromatic heterocycles. The smallest absolute Gasteiger partial charge is 0.268 e. The van der Waals surface area contributed by atoms with E-state index < -0.39 is 5.60 Å². The van der Waals surface area contributed by atoms with Crippen LogP contribution in [0, 0.1) is 0 Å². The molecule has 1 amide bonds. The van der Waals surface area contributed by atoms with Gasteiger partial charge in [-0.2, -0.15) is 0 Å². The average Bonchev–Trinajstić information content (AvgIpc) is 2.70. The third-order valence-corrected chi connectivity index (χ3v) is 3.60. The molecule has 1 N–H and O–H groups in total. The molecule has 0 fully saturated rings. The lowest BCUT2D eigenvalue weighted by atomic mass is 9.92. The quantitative estimate of drug-likeness (QED) is 0.866. The molecule has 1 aliphatic rings. The number of anilines is 2. The number of hydrogen-bond donors (Lipinski definition) is 1. The van der Waals surface area contributed by atoms with Crippen molar-refractivity contribution in [2.24, 2.45) is 0 Å². The Kier molecular flexibility index (Phi) is 2.92. The minimum atomic E-state index is -1.52. The molecule has 0 saturated carbocycles. The van der Waals surface area contributed by atoms with Gasteiger partial charge >= 0.3 is 0 Å². The van der Waals surface area contributed by atoms with Gasteiger partial charge in [-0.1, -0.05) is 42.5 Å². The van der Waals surface area contributed by atoms with Crippen molar-refractivity contribution >= 4 is 17.3 Å². The van der Waals surface area contributed by atoms with E-state index >= 15 is 0 Å². The van der Waals surface area contributed by atoms with Crippen LogP contribution in [0.2, 0.25) is 0 Å². The van der Waals surface area contributed by atoms with E-state index in [2.05, 4.69) is 6.58 Å². The third-order valence-electron chi connectivity index (χ3n) is 3.60. The summed E-state index contributed by atoms with van der Waals surface area (Å²) in [7, 11) is 0. The van der Waals surface area contributed by atoms with Gasteiger partial charge in [-0.3, -0.25) is 9.69 Å². The van der Waals surface area contributed by atoms with Crippen LogP contribution in [0.1, 0.15) is 12.0 Å². The Hall–Kier alpha value is -2.39. The minimum Gasteiger partial charge on any atom is -0.375 e. The number of hydrogen-bond acceptors (Lipinski definition) is 2. The van der Waals surface area contributed by atoms with Gasteiger partial charge in [-0.25, -0.2) is 0 Å². The fraction of sp³-hybridized carbons (Fsp3) is 0.118. The first-order chi connectivity index (χ1) is 9.68. The van der Waals surface area contributed by atoms with Crippen LogP contribution in [0.15, 0.2) is 67.3 Å². The second kappa shape index (κ2) is 4.62. The summed E-state index contributed by atoms with van der Waals surface area (Å²) in [6.07, 6.45) is 1.77. The summed E-state index contributed by atoms with van der Waals surface area (Å²) in [6.45, 7) is 3.64. The fourth-order valence-corrected chi connectivity index (χ4v) is 2.67. The lowest BCUT2D eigenvalue weighted by Gasteiger charge is -2.22. The van der Waals surface area contributed by atoms with Gasteiger partial charge in [-0.05, 0) is 18.2 Å². The van der Waals surface area contributed by atoms with Gasteiger partial charge in [0.2, 0.25) is 0 Å². The van der Waals surface area contributed by atoms with Gasteiger partial charge in [0.05, 0.1) is 5.69 Å². The van der Waals surface area contributed by atoms with Gasteiger partial charge in [0.15, 0.2) is 5.60 Å². The molecule has 2 aromatic carbocycles.